The van der Waals surface area contributed by atoms with E-state index in [4.69, 9.17) is 0 Å². The van der Waals surface area contributed by atoms with Gasteiger partial charge in [-0.15, -0.1) is 0 Å². The number of rotatable bonds is 11. The van der Waals surface area contributed by atoms with E-state index in [9.17, 15) is 18.0 Å². The topological polar surface area (TPSA) is 86.8 Å². The molecule has 0 saturated heterocycles. The van der Waals surface area contributed by atoms with E-state index in [1.165, 1.54) is 10.6 Å². The van der Waals surface area contributed by atoms with Crippen molar-refractivity contribution in [1.82, 2.24) is 10.2 Å². The number of benzene rings is 2. The molecule has 0 radical (unpaired) electrons. The number of carbonyl (C=O) groups excluding carboxylic acids is 2. The van der Waals surface area contributed by atoms with Gasteiger partial charge in [0, 0.05) is 25.0 Å². The molecule has 2 rings (SSSR count). The van der Waals surface area contributed by atoms with E-state index in [0.29, 0.717) is 25.1 Å². The van der Waals surface area contributed by atoms with Crippen LogP contribution in [0.1, 0.15) is 69.2 Å². The van der Waals surface area contributed by atoms with E-state index in [2.05, 4.69) is 5.32 Å². The number of carbonyl (C=O) groups is 2. The average molecular weight is 530 g/mol. The average Bonchev–Trinajstić information content (AvgIpc) is 2.75. The zero-order valence-electron chi connectivity index (χ0n) is 23.6. The molecule has 0 heterocycles. The van der Waals surface area contributed by atoms with Gasteiger partial charge in [-0.2, -0.15) is 0 Å². The first-order chi connectivity index (χ1) is 17.1. The van der Waals surface area contributed by atoms with Crippen molar-refractivity contribution in [2.24, 2.45) is 0 Å². The minimum Gasteiger partial charge on any atom is -0.350 e. The Morgan fingerprint density at radius 1 is 0.946 bits per heavy atom. The van der Waals surface area contributed by atoms with Gasteiger partial charge in [0.05, 0.1) is 11.9 Å². The molecule has 0 aliphatic rings. The monoisotopic (exact) mass is 529 g/mol. The highest BCUT2D eigenvalue weighted by atomic mass is 32.2. The summed E-state index contributed by atoms with van der Waals surface area (Å²) in [4.78, 5) is 28.3. The second kappa shape index (κ2) is 12.6. The lowest BCUT2D eigenvalue weighted by molar-refractivity contribution is -0.142. The fraction of sp³-hybridized carbons (Fsp3) is 0.517. The summed E-state index contributed by atoms with van der Waals surface area (Å²) in [5, 5.41) is 3.01. The summed E-state index contributed by atoms with van der Waals surface area (Å²) in [5.74, 6) is -0.367. The maximum absolute atomic E-state index is 13.5. The number of hydrogen-bond acceptors (Lipinski definition) is 4. The Kier molecular flexibility index (Phi) is 10.3. The van der Waals surface area contributed by atoms with Gasteiger partial charge < -0.3 is 10.2 Å². The van der Waals surface area contributed by atoms with Gasteiger partial charge in [-0.25, -0.2) is 8.42 Å². The van der Waals surface area contributed by atoms with Crippen LogP contribution in [0, 0.1) is 20.8 Å². The van der Waals surface area contributed by atoms with Gasteiger partial charge in [-0.05, 0) is 83.2 Å². The van der Waals surface area contributed by atoms with Gasteiger partial charge in [0.1, 0.15) is 6.04 Å². The van der Waals surface area contributed by atoms with Gasteiger partial charge in [-0.1, -0.05) is 42.8 Å². The molecule has 0 saturated carbocycles. The largest absolute Gasteiger partial charge is 0.350 e. The van der Waals surface area contributed by atoms with E-state index in [1.54, 1.807) is 4.90 Å². The first kappa shape index (κ1) is 30.4. The summed E-state index contributed by atoms with van der Waals surface area (Å²) >= 11 is 0. The molecule has 0 bridgehead atoms. The van der Waals surface area contributed by atoms with Gasteiger partial charge in [0.25, 0.3) is 0 Å². The molecule has 8 heteroatoms. The van der Waals surface area contributed by atoms with Crippen molar-refractivity contribution in [2.45, 2.75) is 85.9 Å². The van der Waals surface area contributed by atoms with Crippen molar-refractivity contribution in [3.63, 3.8) is 0 Å². The Morgan fingerprint density at radius 2 is 1.51 bits per heavy atom. The molecule has 0 fully saturated rings. The van der Waals surface area contributed by atoms with Crippen molar-refractivity contribution in [3.05, 3.63) is 64.7 Å². The Labute approximate surface area is 223 Å². The van der Waals surface area contributed by atoms with Crippen LogP contribution in [0.4, 0.5) is 5.69 Å². The van der Waals surface area contributed by atoms with E-state index >= 15 is 0 Å². The van der Waals surface area contributed by atoms with Crippen LogP contribution in [-0.4, -0.2) is 49.5 Å². The van der Waals surface area contributed by atoms with Crippen molar-refractivity contribution in [3.8, 4) is 0 Å². The number of nitrogens with one attached hydrogen (secondary N) is 1. The van der Waals surface area contributed by atoms with Gasteiger partial charge >= 0.3 is 0 Å². The molecule has 37 heavy (non-hydrogen) atoms. The lowest BCUT2D eigenvalue weighted by Crippen LogP contribution is -2.53. The third kappa shape index (κ3) is 9.50. The second-order valence-corrected chi connectivity index (χ2v) is 12.9. The molecular formula is C29H43N3O4S. The summed E-state index contributed by atoms with van der Waals surface area (Å²) in [7, 11) is -3.53. The molecule has 2 amide bonds. The molecule has 0 aromatic heterocycles. The summed E-state index contributed by atoms with van der Waals surface area (Å²) in [6.07, 6.45) is 2.11. The summed E-state index contributed by atoms with van der Waals surface area (Å²) in [5.41, 5.74) is 4.17. The molecule has 0 aliphatic carbocycles. The van der Waals surface area contributed by atoms with E-state index in [1.807, 2.05) is 90.9 Å². The third-order valence-corrected chi connectivity index (χ3v) is 7.20. The van der Waals surface area contributed by atoms with Gasteiger partial charge in [0.2, 0.25) is 21.8 Å². The normalized spacial score (nSPS) is 12.6. The molecule has 1 unspecified atom stereocenters. The van der Waals surface area contributed by atoms with Crippen LogP contribution in [0.3, 0.4) is 0 Å². The molecule has 1 N–H and O–H groups in total. The van der Waals surface area contributed by atoms with Crippen LogP contribution in [0.2, 0.25) is 0 Å². The third-order valence-electron chi connectivity index (χ3n) is 6.00. The zero-order chi connectivity index (χ0) is 28.0. The Hall–Kier alpha value is -2.87. The van der Waals surface area contributed by atoms with Gasteiger partial charge in [0.15, 0.2) is 0 Å². The van der Waals surface area contributed by atoms with E-state index in [0.717, 1.165) is 22.3 Å². The predicted octanol–water partition coefficient (Wildman–Crippen LogP) is 4.88. The van der Waals surface area contributed by atoms with Gasteiger partial charge in [-0.3, -0.25) is 13.9 Å². The fourth-order valence-corrected chi connectivity index (χ4v) is 5.31. The molecule has 1 atom stereocenters. The predicted molar refractivity (Wildman–Crippen MR) is 151 cm³/mol. The maximum Gasteiger partial charge on any atom is 0.243 e. The molecule has 204 valence electrons. The number of sulfonamides is 1. The number of nitrogens with zero attached hydrogens (tertiary/aromatic N) is 2. The SMILES string of the molecule is CCC(C(=O)NC(C)(C)C)N(Cc1ccc(C)cc1)C(=O)CCCN(c1cc(C)cc(C)c1)S(C)(=O)=O. The fourth-order valence-electron chi connectivity index (χ4n) is 4.36. The minimum atomic E-state index is -3.53. The van der Waals surface area contributed by atoms with Crippen LogP contribution >= 0.6 is 0 Å². The van der Waals surface area contributed by atoms with Crippen molar-refractivity contribution >= 4 is 27.5 Å². The highest BCUT2D eigenvalue weighted by Gasteiger charge is 2.30. The first-order valence-corrected chi connectivity index (χ1v) is 14.7. The highest BCUT2D eigenvalue weighted by molar-refractivity contribution is 7.92. The summed E-state index contributed by atoms with van der Waals surface area (Å²) in [6.45, 7) is 14.0. The van der Waals surface area contributed by atoms with Crippen LogP contribution in [0.5, 0.6) is 0 Å². The number of amides is 2. The number of hydrogen-bond donors (Lipinski definition) is 1. The van der Waals surface area contributed by atoms with Crippen molar-refractivity contribution < 1.29 is 18.0 Å². The van der Waals surface area contributed by atoms with Crippen molar-refractivity contribution in [1.29, 1.82) is 0 Å². The molecule has 2 aromatic rings. The quantitative estimate of drug-likeness (QED) is 0.449. The summed E-state index contributed by atoms with van der Waals surface area (Å²) < 4.78 is 26.5. The van der Waals surface area contributed by atoms with Crippen molar-refractivity contribution in [2.75, 3.05) is 17.1 Å². The highest BCUT2D eigenvalue weighted by Crippen LogP contribution is 2.23. The lowest BCUT2D eigenvalue weighted by Gasteiger charge is -2.33. The van der Waals surface area contributed by atoms with Crippen LogP contribution in [-0.2, 0) is 26.2 Å². The molecule has 0 aliphatic heterocycles. The molecule has 7 nitrogen and oxygen atoms in total. The smallest absolute Gasteiger partial charge is 0.243 e. The Bertz CT molecular complexity index is 1160. The number of aryl methyl sites for hydroxylation is 3. The maximum atomic E-state index is 13.5. The minimum absolute atomic E-state index is 0.127. The van der Waals surface area contributed by atoms with Crippen LogP contribution in [0.25, 0.3) is 0 Å². The summed E-state index contributed by atoms with van der Waals surface area (Å²) in [6, 6.07) is 12.9. The molecule has 2 aromatic carbocycles. The van der Waals surface area contributed by atoms with Crippen LogP contribution in [0.15, 0.2) is 42.5 Å². The van der Waals surface area contributed by atoms with Crippen LogP contribution < -0.4 is 9.62 Å². The second-order valence-electron chi connectivity index (χ2n) is 11.0. The molecule has 0 spiro atoms. The first-order valence-electron chi connectivity index (χ1n) is 12.8. The van der Waals surface area contributed by atoms with E-state index in [-0.39, 0.29) is 24.8 Å². The molecular weight excluding hydrogens is 486 g/mol. The van der Waals surface area contributed by atoms with E-state index < -0.39 is 21.6 Å². The lowest BCUT2D eigenvalue weighted by atomic mass is 10.0. The number of anilines is 1. The zero-order valence-corrected chi connectivity index (χ0v) is 24.4. The Balaban J connectivity index is 2.26. The Morgan fingerprint density at radius 3 is 2.00 bits per heavy atom. The standard InChI is InChI=1S/C29H43N3O4S/c1-9-26(28(34)30-29(5,6)7)31(20-24-14-12-21(2)13-15-24)27(33)11-10-16-32(37(8,35)36)25-18-22(3)17-23(4)19-25/h12-15,17-19,26H,9-11,16,20H2,1-8H3,(H,30,34).